The van der Waals surface area contributed by atoms with Crippen molar-refractivity contribution in [2.24, 2.45) is 0 Å². The lowest BCUT2D eigenvalue weighted by Crippen LogP contribution is -2.13. The fraction of sp³-hybridized carbons (Fsp3) is 0.148. The van der Waals surface area contributed by atoms with Gasteiger partial charge in [0.05, 0.1) is 35.6 Å². The molecule has 4 rings (SSSR count). The molecular weight excluding hydrogens is 498 g/mol. The molecule has 0 bridgehead atoms. The largest absolute Gasteiger partial charge is 0.493 e. The van der Waals surface area contributed by atoms with E-state index in [-0.39, 0.29) is 5.57 Å². The van der Waals surface area contributed by atoms with Crippen LogP contribution in [0.2, 0.25) is 5.02 Å². The molecule has 0 fully saturated rings. The number of anilines is 1. The molecule has 182 valence electrons. The molecule has 0 aliphatic rings. The molecular formula is C27H22ClN3O4S. The molecule has 1 amide bonds. The van der Waals surface area contributed by atoms with Gasteiger partial charge in [0.15, 0.2) is 16.6 Å². The highest BCUT2D eigenvalue weighted by Gasteiger charge is 2.15. The van der Waals surface area contributed by atoms with E-state index in [4.69, 9.17) is 25.8 Å². The average molecular weight is 520 g/mol. The number of aromatic nitrogens is 1. The predicted octanol–water partition coefficient (Wildman–Crippen LogP) is 6.35. The van der Waals surface area contributed by atoms with Crippen LogP contribution in [0, 0.1) is 11.3 Å². The number of hydrogen-bond donors (Lipinski definition) is 1. The van der Waals surface area contributed by atoms with Gasteiger partial charge in [-0.15, -0.1) is 0 Å². The fourth-order valence-corrected chi connectivity index (χ4v) is 4.44. The van der Waals surface area contributed by atoms with Gasteiger partial charge in [0.1, 0.15) is 17.4 Å². The zero-order chi connectivity index (χ0) is 25.3. The van der Waals surface area contributed by atoms with E-state index in [9.17, 15) is 10.1 Å². The number of methoxy groups -OCH3 is 1. The van der Waals surface area contributed by atoms with Crippen molar-refractivity contribution in [3.63, 3.8) is 0 Å². The van der Waals surface area contributed by atoms with Crippen LogP contribution in [0.25, 0.3) is 16.3 Å². The first kappa shape index (κ1) is 25.0. The smallest absolute Gasteiger partial charge is 0.268 e. The van der Waals surface area contributed by atoms with Gasteiger partial charge >= 0.3 is 0 Å². The molecule has 0 aliphatic heterocycles. The number of benzene rings is 3. The van der Waals surface area contributed by atoms with Gasteiger partial charge in [-0.3, -0.25) is 10.1 Å². The molecule has 3 aromatic carbocycles. The topological polar surface area (TPSA) is 93.5 Å². The van der Waals surface area contributed by atoms with Crippen LogP contribution in [-0.2, 0) is 4.79 Å². The Morgan fingerprint density at radius 3 is 2.61 bits per heavy atom. The zero-order valence-corrected chi connectivity index (χ0v) is 20.9. The summed E-state index contributed by atoms with van der Waals surface area (Å²) in [7, 11) is 1.50. The van der Waals surface area contributed by atoms with E-state index in [2.05, 4.69) is 10.3 Å². The molecule has 0 saturated heterocycles. The predicted molar refractivity (Wildman–Crippen MR) is 142 cm³/mol. The third-order valence-corrected chi connectivity index (χ3v) is 6.22. The lowest BCUT2D eigenvalue weighted by molar-refractivity contribution is -0.112. The highest BCUT2D eigenvalue weighted by atomic mass is 35.5. The van der Waals surface area contributed by atoms with Crippen molar-refractivity contribution in [2.75, 3.05) is 25.6 Å². The Hall–Kier alpha value is -4.06. The van der Waals surface area contributed by atoms with Crippen LogP contribution in [0.1, 0.15) is 12.0 Å². The van der Waals surface area contributed by atoms with E-state index in [1.165, 1.54) is 24.5 Å². The van der Waals surface area contributed by atoms with Crippen LogP contribution in [0.5, 0.6) is 17.2 Å². The monoisotopic (exact) mass is 519 g/mol. The minimum atomic E-state index is -0.564. The second kappa shape index (κ2) is 12.1. The average Bonchev–Trinajstić information content (AvgIpc) is 3.30. The summed E-state index contributed by atoms with van der Waals surface area (Å²) in [6.07, 6.45) is 2.08. The van der Waals surface area contributed by atoms with Crippen molar-refractivity contribution in [1.29, 1.82) is 5.26 Å². The number of thiazole rings is 1. The lowest BCUT2D eigenvalue weighted by atomic mass is 10.1. The summed E-state index contributed by atoms with van der Waals surface area (Å²) >= 11 is 7.78. The highest BCUT2D eigenvalue weighted by molar-refractivity contribution is 7.22. The molecule has 1 aromatic heterocycles. The zero-order valence-electron chi connectivity index (χ0n) is 19.4. The van der Waals surface area contributed by atoms with Crippen LogP contribution in [0.15, 0.2) is 72.3 Å². The number of halogens is 1. The maximum absolute atomic E-state index is 12.7. The number of carbonyl (C=O) groups is 1. The van der Waals surface area contributed by atoms with Crippen LogP contribution in [0.4, 0.5) is 5.13 Å². The maximum atomic E-state index is 12.7. The molecule has 0 radical (unpaired) electrons. The number of nitriles is 1. The first-order chi connectivity index (χ1) is 17.6. The number of fused-ring (bicyclic) bond motifs is 1. The standard InChI is InChI=1S/C27H22ClN3O4S/c1-33-23-16-18(15-21(28)25(23)35-13-7-12-34-20-8-3-2-4-9-20)14-19(17-29)26(32)31-27-30-22-10-5-6-11-24(22)36-27/h2-6,8-11,14-16H,7,12-13H2,1H3,(H,30,31,32)/b19-14+. The molecule has 0 saturated carbocycles. The van der Waals surface area contributed by atoms with E-state index in [0.29, 0.717) is 46.9 Å². The molecule has 0 unspecified atom stereocenters. The molecule has 1 N–H and O–H groups in total. The summed E-state index contributed by atoms with van der Waals surface area (Å²) in [5, 5.41) is 13.0. The van der Waals surface area contributed by atoms with Crippen molar-refractivity contribution in [2.45, 2.75) is 6.42 Å². The Morgan fingerprint density at radius 1 is 1.11 bits per heavy atom. The summed E-state index contributed by atoms with van der Waals surface area (Å²) in [5.74, 6) is 1.00. The summed E-state index contributed by atoms with van der Waals surface area (Å²) < 4.78 is 17.9. The first-order valence-electron chi connectivity index (χ1n) is 11.0. The Kier molecular flexibility index (Phi) is 8.40. The Labute approximate surface area is 217 Å². The SMILES string of the molecule is COc1cc(/C=C(\C#N)C(=O)Nc2nc3ccccc3s2)cc(Cl)c1OCCCOc1ccccc1. The quantitative estimate of drug-likeness (QED) is 0.149. The van der Waals surface area contributed by atoms with Gasteiger partial charge in [-0.1, -0.05) is 53.3 Å². The molecule has 4 aromatic rings. The van der Waals surface area contributed by atoms with Gasteiger partial charge < -0.3 is 14.2 Å². The normalized spacial score (nSPS) is 11.1. The van der Waals surface area contributed by atoms with Crippen molar-refractivity contribution < 1.29 is 19.0 Å². The van der Waals surface area contributed by atoms with E-state index < -0.39 is 5.91 Å². The molecule has 0 atom stereocenters. The number of nitrogens with zero attached hydrogens (tertiary/aromatic N) is 2. The van der Waals surface area contributed by atoms with Crippen LogP contribution in [-0.4, -0.2) is 31.2 Å². The van der Waals surface area contributed by atoms with Gasteiger partial charge in [-0.2, -0.15) is 5.26 Å². The number of nitrogens with one attached hydrogen (secondary N) is 1. The molecule has 1 heterocycles. The van der Waals surface area contributed by atoms with E-state index in [0.717, 1.165) is 16.0 Å². The van der Waals surface area contributed by atoms with Gasteiger partial charge in [0, 0.05) is 6.42 Å². The van der Waals surface area contributed by atoms with E-state index >= 15 is 0 Å². The van der Waals surface area contributed by atoms with E-state index in [1.807, 2.05) is 60.7 Å². The second-order valence-corrected chi connectivity index (χ2v) is 8.95. The van der Waals surface area contributed by atoms with Crippen LogP contribution < -0.4 is 19.5 Å². The van der Waals surface area contributed by atoms with Crippen molar-refractivity contribution in [1.82, 2.24) is 4.98 Å². The number of para-hydroxylation sites is 2. The van der Waals surface area contributed by atoms with Crippen molar-refractivity contribution in [3.05, 3.63) is 82.9 Å². The van der Waals surface area contributed by atoms with Crippen molar-refractivity contribution in [3.8, 4) is 23.3 Å². The Bertz CT molecular complexity index is 1400. The van der Waals surface area contributed by atoms with Crippen LogP contribution in [0.3, 0.4) is 0 Å². The third-order valence-electron chi connectivity index (χ3n) is 4.99. The number of ether oxygens (including phenoxy) is 3. The van der Waals surface area contributed by atoms with Gasteiger partial charge in [-0.25, -0.2) is 4.98 Å². The van der Waals surface area contributed by atoms with Gasteiger partial charge in [0.25, 0.3) is 5.91 Å². The summed E-state index contributed by atoms with van der Waals surface area (Å²) in [6.45, 7) is 0.853. The van der Waals surface area contributed by atoms with Gasteiger partial charge in [0.2, 0.25) is 0 Å². The number of rotatable bonds is 10. The highest BCUT2D eigenvalue weighted by Crippen LogP contribution is 2.37. The lowest BCUT2D eigenvalue weighted by Gasteiger charge is -2.14. The minimum absolute atomic E-state index is 0.0981. The summed E-state index contributed by atoms with van der Waals surface area (Å²) in [4.78, 5) is 17.1. The number of carbonyl (C=O) groups excluding carboxylic acids is 1. The second-order valence-electron chi connectivity index (χ2n) is 7.51. The molecule has 7 nitrogen and oxygen atoms in total. The summed E-state index contributed by atoms with van der Waals surface area (Å²) in [5.41, 5.74) is 1.20. The fourth-order valence-electron chi connectivity index (χ4n) is 3.31. The molecule has 0 spiro atoms. The Morgan fingerprint density at radius 2 is 1.86 bits per heavy atom. The molecule has 0 aliphatic carbocycles. The first-order valence-corrected chi connectivity index (χ1v) is 12.2. The van der Waals surface area contributed by atoms with Crippen molar-refractivity contribution >= 4 is 50.3 Å². The summed E-state index contributed by atoms with van der Waals surface area (Å²) in [6, 6.07) is 22.3. The minimum Gasteiger partial charge on any atom is -0.493 e. The Balaban J connectivity index is 1.41. The molecule has 36 heavy (non-hydrogen) atoms. The number of hydrogen-bond acceptors (Lipinski definition) is 7. The number of amides is 1. The maximum Gasteiger partial charge on any atom is 0.268 e. The van der Waals surface area contributed by atoms with Gasteiger partial charge in [-0.05, 0) is 48.0 Å². The van der Waals surface area contributed by atoms with Crippen LogP contribution >= 0.6 is 22.9 Å². The molecule has 9 heteroatoms. The third kappa shape index (κ3) is 6.33. The van der Waals surface area contributed by atoms with E-state index in [1.54, 1.807) is 12.1 Å².